The number of aryl methyl sites for hydroxylation is 1. The Hall–Kier alpha value is -0.830. The third kappa shape index (κ3) is 1.81. The van der Waals surface area contributed by atoms with Gasteiger partial charge in [0.2, 0.25) is 0 Å². The van der Waals surface area contributed by atoms with Crippen LogP contribution in [0.2, 0.25) is 0 Å². The van der Waals surface area contributed by atoms with Crippen LogP contribution in [0, 0.1) is 5.92 Å². The van der Waals surface area contributed by atoms with E-state index in [1.165, 1.54) is 37.2 Å². The Morgan fingerprint density at radius 3 is 3.07 bits per heavy atom. The first-order chi connectivity index (χ1) is 7.36. The van der Waals surface area contributed by atoms with E-state index in [0.717, 1.165) is 24.9 Å². The summed E-state index contributed by atoms with van der Waals surface area (Å²) in [5.41, 5.74) is 1.36. The third-order valence-corrected chi connectivity index (χ3v) is 3.60. The second-order valence-electron chi connectivity index (χ2n) is 4.97. The van der Waals surface area contributed by atoms with Crippen molar-refractivity contribution in [3.63, 3.8) is 0 Å². The predicted molar refractivity (Wildman–Crippen MR) is 59.9 cm³/mol. The quantitative estimate of drug-likeness (QED) is 0.811. The molecule has 1 aliphatic heterocycles. The number of nitrogens with one attached hydrogen (secondary N) is 1. The van der Waals surface area contributed by atoms with Crippen molar-refractivity contribution in [2.75, 3.05) is 13.6 Å². The molecule has 0 radical (unpaired) electrons. The molecule has 2 aliphatic rings. The minimum atomic E-state index is 0.795. The van der Waals surface area contributed by atoms with Crippen molar-refractivity contribution in [3.05, 3.63) is 17.7 Å². The first-order valence-electron chi connectivity index (χ1n) is 6.07. The van der Waals surface area contributed by atoms with Gasteiger partial charge in [-0.05, 0) is 38.8 Å². The van der Waals surface area contributed by atoms with E-state index < -0.39 is 0 Å². The van der Waals surface area contributed by atoms with Gasteiger partial charge in [0, 0.05) is 25.1 Å². The minimum absolute atomic E-state index is 0.795. The Balaban J connectivity index is 1.76. The molecule has 0 amide bonds. The Bertz CT molecular complexity index is 352. The lowest BCUT2D eigenvalue weighted by atomic mass is 10.00. The highest BCUT2D eigenvalue weighted by Crippen LogP contribution is 2.39. The van der Waals surface area contributed by atoms with Gasteiger partial charge in [0.05, 0.1) is 5.69 Å². The lowest BCUT2D eigenvalue weighted by Crippen LogP contribution is -2.27. The zero-order valence-electron chi connectivity index (χ0n) is 9.37. The van der Waals surface area contributed by atoms with Crippen molar-refractivity contribution in [1.29, 1.82) is 0 Å². The van der Waals surface area contributed by atoms with Crippen LogP contribution in [0.15, 0.2) is 6.20 Å². The van der Waals surface area contributed by atoms with Crippen LogP contribution in [-0.2, 0) is 13.0 Å². The number of hydrogen-bond acceptors (Lipinski definition) is 2. The van der Waals surface area contributed by atoms with Gasteiger partial charge in [0.1, 0.15) is 5.82 Å². The largest absolute Gasteiger partial charge is 0.334 e. The Kier molecular flexibility index (Phi) is 2.28. The first kappa shape index (κ1) is 9.40. The number of fused-ring (bicyclic) bond motifs is 1. The van der Waals surface area contributed by atoms with Gasteiger partial charge in [-0.2, -0.15) is 0 Å². The minimum Gasteiger partial charge on any atom is -0.334 e. The lowest BCUT2D eigenvalue weighted by molar-refractivity contribution is 0.356. The molecule has 1 aliphatic carbocycles. The molecular formula is C12H19N3. The van der Waals surface area contributed by atoms with Crippen molar-refractivity contribution in [2.45, 2.75) is 38.1 Å². The van der Waals surface area contributed by atoms with Gasteiger partial charge in [0.15, 0.2) is 0 Å². The van der Waals surface area contributed by atoms with Crippen molar-refractivity contribution < 1.29 is 0 Å². The standard InChI is InChI=1S/C12H19N3/c1-13-6-9-2-5-12-14-11(10-3-4-10)8-15(12)7-9/h8-10,13H,2-7H2,1H3. The van der Waals surface area contributed by atoms with Crippen molar-refractivity contribution in [2.24, 2.45) is 5.92 Å². The SMILES string of the molecule is CNCC1CCc2nc(C3CC3)cn2C1. The van der Waals surface area contributed by atoms with E-state index in [2.05, 4.69) is 16.1 Å². The first-order valence-corrected chi connectivity index (χ1v) is 6.07. The van der Waals surface area contributed by atoms with E-state index in [1.54, 1.807) is 0 Å². The van der Waals surface area contributed by atoms with Gasteiger partial charge in [-0.15, -0.1) is 0 Å². The fourth-order valence-electron chi connectivity index (χ4n) is 2.57. The maximum atomic E-state index is 4.75. The van der Waals surface area contributed by atoms with Crippen LogP contribution in [0.5, 0.6) is 0 Å². The maximum Gasteiger partial charge on any atom is 0.108 e. The van der Waals surface area contributed by atoms with Crippen LogP contribution in [0.1, 0.15) is 36.7 Å². The van der Waals surface area contributed by atoms with Crippen molar-refractivity contribution in [3.8, 4) is 0 Å². The Morgan fingerprint density at radius 1 is 1.47 bits per heavy atom. The summed E-state index contributed by atoms with van der Waals surface area (Å²) in [5.74, 6) is 2.92. The molecule has 1 aromatic rings. The van der Waals surface area contributed by atoms with Crippen LogP contribution in [0.4, 0.5) is 0 Å². The summed E-state index contributed by atoms with van der Waals surface area (Å²) in [4.78, 5) is 4.75. The van der Waals surface area contributed by atoms with Crippen molar-refractivity contribution >= 4 is 0 Å². The van der Waals surface area contributed by atoms with Gasteiger partial charge in [0.25, 0.3) is 0 Å². The molecule has 1 fully saturated rings. The average Bonchev–Trinajstić information content (AvgIpc) is 2.99. The second kappa shape index (κ2) is 3.63. The van der Waals surface area contributed by atoms with E-state index in [1.807, 2.05) is 7.05 Å². The van der Waals surface area contributed by atoms with Crippen LogP contribution in [-0.4, -0.2) is 23.1 Å². The van der Waals surface area contributed by atoms with E-state index >= 15 is 0 Å². The molecule has 1 N–H and O–H groups in total. The highest BCUT2D eigenvalue weighted by molar-refractivity contribution is 5.16. The summed E-state index contributed by atoms with van der Waals surface area (Å²) in [6, 6.07) is 0. The summed E-state index contributed by atoms with van der Waals surface area (Å²) in [7, 11) is 2.04. The number of imidazole rings is 1. The molecule has 3 rings (SSSR count). The van der Waals surface area contributed by atoms with E-state index in [-0.39, 0.29) is 0 Å². The molecule has 82 valence electrons. The van der Waals surface area contributed by atoms with Crippen LogP contribution in [0.3, 0.4) is 0 Å². The van der Waals surface area contributed by atoms with E-state index in [9.17, 15) is 0 Å². The zero-order valence-corrected chi connectivity index (χ0v) is 9.37. The Labute approximate surface area is 90.9 Å². The predicted octanol–water partition coefficient (Wildman–Crippen LogP) is 1.54. The molecule has 3 nitrogen and oxygen atoms in total. The summed E-state index contributed by atoms with van der Waals surface area (Å²) in [6.07, 6.45) is 7.47. The molecule has 15 heavy (non-hydrogen) atoms. The zero-order chi connectivity index (χ0) is 10.3. The fraction of sp³-hybridized carbons (Fsp3) is 0.750. The Morgan fingerprint density at radius 2 is 2.33 bits per heavy atom. The topological polar surface area (TPSA) is 29.9 Å². The van der Waals surface area contributed by atoms with Gasteiger partial charge in [-0.25, -0.2) is 4.98 Å². The summed E-state index contributed by atoms with van der Waals surface area (Å²) < 4.78 is 2.39. The van der Waals surface area contributed by atoms with E-state index in [0.29, 0.717) is 0 Å². The number of rotatable bonds is 3. The molecule has 1 saturated carbocycles. The van der Waals surface area contributed by atoms with Gasteiger partial charge in [-0.1, -0.05) is 0 Å². The average molecular weight is 205 g/mol. The van der Waals surface area contributed by atoms with Crippen LogP contribution >= 0.6 is 0 Å². The number of hydrogen-bond donors (Lipinski definition) is 1. The lowest BCUT2D eigenvalue weighted by Gasteiger charge is -2.23. The molecule has 0 saturated heterocycles. The highest BCUT2D eigenvalue weighted by atomic mass is 15.1. The molecule has 3 heteroatoms. The maximum absolute atomic E-state index is 4.75. The smallest absolute Gasteiger partial charge is 0.108 e. The molecular weight excluding hydrogens is 186 g/mol. The van der Waals surface area contributed by atoms with Crippen molar-refractivity contribution in [1.82, 2.24) is 14.9 Å². The second-order valence-corrected chi connectivity index (χ2v) is 4.97. The molecule has 0 bridgehead atoms. The van der Waals surface area contributed by atoms with E-state index in [4.69, 9.17) is 4.98 Å². The monoisotopic (exact) mass is 205 g/mol. The van der Waals surface area contributed by atoms with Crippen LogP contribution < -0.4 is 5.32 Å². The molecule has 1 aromatic heterocycles. The highest BCUT2D eigenvalue weighted by Gasteiger charge is 2.28. The molecule has 1 unspecified atom stereocenters. The normalized spacial score (nSPS) is 25.3. The van der Waals surface area contributed by atoms with Gasteiger partial charge in [-0.3, -0.25) is 0 Å². The van der Waals surface area contributed by atoms with Gasteiger partial charge < -0.3 is 9.88 Å². The third-order valence-electron chi connectivity index (χ3n) is 3.60. The number of nitrogens with zero attached hydrogens (tertiary/aromatic N) is 2. The van der Waals surface area contributed by atoms with Crippen LogP contribution in [0.25, 0.3) is 0 Å². The molecule has 0 spiro atoms. The molecule has 1 atom stereocenters. The molecule has 0 aromatic carbocycles. The molecule has 2 heterocycles. The van der Waals surface area contributed by atoms with Gasteiger partial charge >= 0.3 is 0 Å². The fourth-order valence-corrected chi connectivity index (χ4v) is 2.57. The number of aromatic nitrogens is 2. The summed E-state index contributed by atoms with van der Waals surface area (Å²) >= 11 is 0. The summed E-state index contributed by atoms with van der Waals surface area (Å²) in [6.45, 7) is 2.30. The summed E-state index contributed by atoms with van der Waals surface area (Å²) in [5, 5.41) is 3.28.